The van der Waals surface area contributed by atoms with E-state index >= 15 is 0 Å². The van der Waals surface area contributed by atoms with Gasteiger partial charge in [0.25, 0.3) is 5.56 Å². The van der Waals surface area contributed by atoms with Crippen LogP contribution in [-0.4, -0.2) is 20.6 Å². The first-order valence-electron chi connectivity index (χ1n) is 9.49. The van der Waals surface area contributed by atoms with E-state index in [0.717, 1.165) is 16.5 Å². The van der Waals surface area contributed by atoms with Crippen molar-refractivity contribution in [2.45, 2.75) is 44.9 Å². The maximum Gasteiger partial charge on any atom is 0.343 e. The summed E-state index contributed by atoms with van der Waals surface area (Å²) >= 11 is 0. The van der Waals surface area contributed by atoms with Gasteiger partial charge in [0.15, 0.2) is 5.60 Å². The number of aromatic nitrogens is 2. The van der Waals surface area contributed by atoms with E-state index in [9.17, 15) is 14.7 Å². The minimum absolute atomic E-state index is 0.131. The Hall–Kier alpha value is -2.99. The first-order valence-corrected chi connectivity index (χ1v) is 9.49. The Balaban J connectivity index is 1.82. The maximum atomic E-state index is 13.4. The highest BCUT2D eigenvalue weighted by Crippen LogP contribution is 2.42. The lowest BCUT2D eigenvalue weighted by Crippen LogP contribution is -2.46. The maximum absolute atomic E-state index is 13.4. The first kappa shape index (κ1) is 17.1. The molecule has 1 N–H and O–H groups in total. The van der Waals surface area contributed by atoms with Crippen molar-refractivity contribution < 1.29 is 14.6 Å². The summed E-state index contributed by atoms with van der Waals surface area (Å²) in [5, 5.41) is 12.0. The molecule has 28 heavy (non-hydrogen) atoms. The van der Waals surface area contributed by atoms with Crippen molar-refractivity contribution in [2.75, 3.05) is 0 Å². The van der Waals surface area contributed by atoms with Gasteiger partial charge < -0.3 is 14.4 Å². The lowest BCUT2D eigenvalue weighted by molar-refractivity contribution is -0.178. The Morgan fingerprint density at radius 2 is 2.18 bits per heavy atom. The van der Waals surface area contributed by atoms with Gasteiger partial charge in [0.2, 0.25) is 0 Å². The molecule has 141 valence electrons. The summed E-state index contributed by atoms with van der Waals surface area (Å²) in [5.41, 5.74) is 1.77. The zero-order valence-electron chi connectivity index (χ0n) is 15.7. The van der Waals surface area contributed by atoms with E-state index in [1.165, 1.54) is 0 Å². The molecule has 0 bridgehead atoms. The molecule has 6 nitrogen and oxygen atoms in total. The predicted octanol–water partition coefficient (Wildman–Crippen LogP) is 2.83. The number of hydrogen-bond acceptors (Lipinski definition) is 5. The molecule has 2 atom stereocenters. The van der Waals surface area contributed by atoms with Crippen LogP contribution in [0, 0.1) is 6.07 Å². The van der Waals surface area contributed by atoms with Gasteiger partial charge in [-0.15, -0.1) is 0 Å². The Morgan fingerprint density at radius 1 is 1.36 bits per heavy atom. The van der Waals surface area contributed by atoms with Crippen molar-refractivity contribution in [3.63, 3.8) is 0 Å². The molecule has 0 saturated heterocycles. The highest BCUT2D eigenvalue weighted by molar-refractivity contribution is 5.86. The number of hydrogen-bond donors (Lipinski definition) is 1. The minimum Gasteiger partial charge on any atom is -0.455 e. The number of fused-ring (bicyclic) bond motifs is 5. The van der Waals surface area contributed by atoms with Crippen molar-refractivity contribution in [1.29, 1.82) is 0 Å². The van der Waals surface area contributed by atoms with Crippen molar-refractivity contribution in [3.05, 3.63) is 63.4 Å². The molecule has 1 radical (unpaired) electrons. The number of pyridine rings is 2. The van der Waals surface area contributed by atoms with E-state index in [0.29, 0.717) is 35.5 Å². The van der Waals surface area contributed by atoms with Crippen LogP contribution in [0.3, 0.4) is 0 Å². The molecule has 3 aromatic rings. The van der Waals surface area contributed by atoms with Crippen molar-refractivity contribution >= 4 is 16.9 Å². The summed E-state index contributed by atoms with van der Waals surface area (Å²) in [6, 6.07) is 12.4. The van der Waals surface area contributed by atoms with Gasteiger partial charge >= 0.3 is 5.97 Å². The van der Waals surface area contributed by atoms with Crippen LogP contribution in [0.15, 0.2) is 35.1 Å². The lowest BCUT2D eigenvalue weighted by atomic mass is 9.83. The average Bonchev–Trinajstić information content (AvgIpc) is 3.07. The SMILES string of the molecule is CCC1OC(=O)[C@](O)(CC)c2cc3n(c(=O)c21)Cc1cc2c[c]ccc2nc1-3. The summed E-state index contributed by atoms with van der Waals surface area (Å²) in [6.07, 6.45) is -0.0469. The van der Waals surface area contributed by atoms with E-state index in [1.807, 2.05) is 25.1 Å². The van der Waals surface area contributed by atoms with Gasteiger partial charge in [0, 0.05) is 16.5 Å². The van der Waals surface area contributed by atoms with Gasteiger partial charge in [0.1, 0.15) is 6.10 Å². The van der Waals surface area contributed by atoms with Crippen LogP contribution in [-0.2, 0) is 21.7 Å². The van der Waals surface area contributed by atoms with Gasteiger partial charge in [-0.1, -0.05) is 19.9 Å². The molecule has 4 heterocycles. The van der Waals surface area contributed by atoms with E-state index < -0.39 is 17.7 Å². The molecular weight excluding hydrogens is 356 g/mol. The standard InChI is InChI=1S/C22H19N2O4/c1-3-17-18-14(22(27,4-2)21(26)28-17)10-16-19-13(11-24(16)20(18)25)9-12-7-5-6-8-15(12)23-19/h6-10,17,27H,3-4,11H2,1-2H3/t17?,22-/m0/s1. The normalized spacial score (nSPS) is 22.5. The topological polar surface area (TPSA) is 81.4 Å². The fourth-order valence-electron chi connectivity index (χ4n) is 4.30. The molecule has 6 heteroatoms. The number of carbonyl (C=O) groups is 1. The second-order valence-electron chi connectivity index (χ2n) is 7.38. The molecular formula is C22H19N2O4. The number of benzene rings is 1. The molecule has 2 aromatic heterocycles. The number of aliphatic hydroxyl groups is 1. The number of nitrogens with zero attached hydrogens (tertiary/aromatic N) is 2. The average molecular weight is 375 g/mol. The van der Waals surface area contributed by atoms with Crippen LogP contribution in [0.5, 0.6) is 0 Å². The second kappa shape index (κ2) is 5.75. The van der Waals surface area contributed by atoms with Crippen LogP contribution >= 0.6 is 0 Å². The predicted molar refractivity (Wildman–Crippen MR) is 103 cm³/mol. The minimum atomic E-state index is -1.82. The van der Waals surface area contributed by atoms with E-state index in [-0.39, 0.29) is 12.0 Å². The van der Waals surface area contributed by atoms with Gasteiger partial charge in [-0.25, -0.2) is 9.78 Å². The van der Waals surface area contributed by atoms with Gasteiger partial charge in [-0.3, -0.25) is 4.79 Å². The lowest BCUT2D eigenvalue weighted by Gasteiger charge is -2.35. The second-order valence-corrected chi connectivity index (χ2v) is 7.38. The molecule has 0 spiro atoms. The summed E-state index contributed by atoms with van der Waals surface area (Å²) in [4.78, 5) is 30.6. The van der Waals surface area contributed by atoms with E-state index in [2.05, 4.69) is 6.07 Å². The third-order valence-corrected chi connectivity index (χ3v) is 5.88. The van der Waals surface area contributed by atoms with Crippen molar-refractivity contribution in [1.82, 2.24) is 9.55 Å². The summed E-state index contributed by atoms with van der Waals surface area (Å²) in [6.45, 7) is 3.97. The number of cyclic esters (lactones) is 1. The smallest absolute Gasteiger partial charge is 0.343 e. The third kappa shape index (κ3) is 2.09. The van der Waals surface area contributed by atoms with Crippen LogP contribution in [0.1, 0.15) is 49.5 Å². The fourth-order valence-corrected chi connectivity index (χ4v) is 4.30. The number of carbonyl (C=O) groups excluding carboxylic acids is 1. The summed E-state index contributed by atoms with van der Waals surface area (Å²) in [5.74, 6) is -0.695. The highest BCUT2D eigenvalue weighted by atomic mass is 16.6. The highest BCUT2D eigenvalue weighted by Gasteiger charge is 2.48. The first-order chi connectivity index (χ1) is 13.5. The van der Waals surface area contributed by atoms with Gasteiger partial charge in [-0.05, 0) is 43.2 Å². The van der Waals surface area contributed by atoms with Crippen LogP contribution in [0.2, 0.25) is 0 Å². The van der Waals surface area contributed by atoms with Crippen LogP contribution < -0.4 is 5.56 Å². The van der Waals surface area contributed by atoms with Crippen LogP contribution in [0.4, 0.5) is 0 Å². The molecule has 2 aliphatic rings. The third-order valence-electron chi connectivity index (χ3n) is 5.88. The Kier molecular flexibility index (Phi) is 3.52. The Labute approximate surface area is 161 Å². The van der Waals surface area contributed by atoms with Gasteiger partial charge in [-0.2, -0.15) is 0 Å². The molecule has 0 fully saturated rings. The van der Waals surface area contributed by atoms with Gasteiger partial charge in [0.05, 0.1) is 29.0 Å². The molecule has 5 rings (SSSR count). The number of ether oxygens (including phenoxy) is 1. The molecule has 2 aliphatic heterocycles. The molecule has 1 aromatic carbocycles. The zero-order chi connectivity index (χ0) is 19.6. The molecule has 0 saturated carbocycles. The quantitative estimate of drug-likeness (QED) is 0.545. The van der Waals surface area contributed by atoms with E-state index in [4.69, 9.17) is 9.72 Å². The zero-order valence-corrected chi connectivity index (χ0v) is 15.7. The Morgan fingerprint density at radius 3 is 2.93 bits per heavy atom. The fraction of sp³-hybridized carbons (Fsp3) is 0.318. The Bertz CT molecular complexity index is 1210. The molecule has 0 aliphatic carbocycles. The van der Waals surface area contributed by atoms with E-state index in [1.54, 1.807) is 23.6 Å². The number of rotatable bonds is 2. The monoisotopic (exact) mass is 375 g/mol. The molecule has 1 unspecified atom stereocenters. The largest absolute Gasteiger partial charge is 0.455 e. The molecule has 0 amide bonds. The van der Waals surface area contributed by atoms with Crippen molar-refractivity contribution in [2.24, 2.45) is 0 Å². The van der Waals surface area contributed by atoms with Crippen LogP contribution in [0.25, 0.3) is 22.3 Å². The summed E-state index contributed by atoms with van der Waals surface area (Å²) < 4.78 is 7.09. The number of esters is 1. The summed E-state index contributed by atoms with van der Waals surface area (Å²) in [7, 11) is 0. The van der Waals surface area contributed by atoms with Crippen molar-refractivity contribution in [3.8, 4) is 11.4 Å².